The summed E-state index contributed by atoms with van der Waals surface area (Å²) >= 11 is 0. The van der Waals surface area contributed by atoms with Gasteiger partial charge in [-0.15, -0.1) is 0 Å². The average molecular weight is 338 g/mol. The maximum Gasteiger partial charge on any atom is 0.507 e. The van der Waals surface area contributed by atoms with Crippen LogP contribution >= 0.6 is 0 Å². The SMILES string of the molecule is CCOC(=O)/C([N+]#N)=C(\O)CN1C(=O)c2ccccc2S1(=O)=O. The van der Waals surface area contributed by atoms with E-state index < -0.39 is 39.9 Å². The third-order valence-electron chi connectivity index (χ3n) is 3.05. The van der Waals surface area contributed by atoms with Crippen LogP contribution in [0.2, 0.25) is 0 Å². The van der Waals surface area contributed by atoms with Crippen molar-refractivity contribution in [3.8, 4) is 0 Å². The molecule has 1 aliphatic heterocycles. The van der Waals surface area contributed by atoms with Gasteiger partial charge in [-0.2, -0.15) is 0 Å². The van der Waals surface area contributed by atoms with Gasteiger partial charge in [-0.3, -0.25) is 4.79 Å². The summed E-state index contributed by atoms with van der Waals surface area (Å²) in [6.45, 7) is 0.598. The molecule has 0 unspecified atom stereocenters. The van der Waals surface area contributed by atoms with E-state index in [1.54, 1.807) is 0 Å². The van der Waals surface area contributed by atoms with Gasteiger partial charge in [0.05, 0.1) is 12.2 Å². The van der Waals surface area contributed by atoms with Crippen LogP contribution in [0.15, 0.2) is 40.6 Å². The number of carbonyl (C=O) groups excluding carboxylic acids is 2. The molecule has 1 aromatic rings. The Morgan fingerprint density at radius 2 is 2.04 bits per heavy atom. The molecule has 0 saturated carbocycles. The standard InChI is InChI=1S/C13H11N3O6S/c1-2-22-13(19)11(15-14)9(17)7-16-12(18)8-5-3-4-6-10(8)23(16,20)21/h3-6H,2,7H2,1H3/p+1. The normalized spacial score (nSPS) is 16.3. The molecule has 0 saturated heterocycles. The molecule has 0 bridgehead atoms. The van der Waals surface area contributed by atoms with Crippen LogP contribution in [0.5, 0.6) is 0 Å². The molecule has 1 amide bonds. The Balaban J connectivity index is 2.40. The van der Waals surface area contributed by atoms with Crippen LogP contribution in [0.1, 0.15) is 17.3 Å². The fraction of sp³-hybridized carbons (Fsp3) is 0.231. The van der Waals surface area contributed by atoms with E-state index in [2.05, 4.69) is 9.71 Å². The van der Waals surface area contributed by atoms with Crippen LogP contribution in [0, 0.1) is 5.39 Å². The molecule has 23 heavy (non-hydrogen) atoms. The van der Waals surface area contributed by atoms with Crippen LogP contribution in [0.4, 0.5) is 0 Å². The van der Waals surface area contributed by atoms with E-state index in [-0.39, 0.29) is 17.1 Å². The van der Waals surface area contributed by atoms with Gasteiger partial charge in [-0.05, 0) is 19.1 Å². The summed E-state index contributed by atoms with van der Waals surface area (Å²) in [6, 6.07) is 5.54. The van der Waals surface area contributed by atoms with Crippen LogP contribution < -0.4 is 0 Å². The predicted molar refractivity (Wildman–Crippen MR) is 76.0 cm³/mol. The Kier molecular flexibility index (Phi) is 4.33. The van der Waals surface area contributed by atoms with Crippen molar-refractivity contribution < 1.29 is 27.9 Å². The first kappa shape index (κ1) is 16.4. The maximum absolute atomic E-state index is 12.3. The topological polar surface area (TPSA) is 129 Å². The number of esters is 1. The highest BCUT2D eigenvalue weighted by Gasteiger charge is 2.43. The van der Waals surface area contributed by atoms with Gasteiger partial charge in [0.25, 0.3) is 15.9 Å². The molecule has 0 aromatic heterocycles. The molecule has 10 heteroatoms. The van der Waals surface area contributed by atoms with Crippen LogP contribution in [0.25, 0.3) is 4.98 Å². The number of rotatable bonds is 4. The smallest absolute Gasteiger partial charge is 0.503 e. The molecule has 0 aliphatic carbocycles. The maximum atomic E-state index is 12.3. The summed E-state index contributed by atoms with van der Waals surface area (Å²) in [4.78, 5) is 26.1. The van der Waals surface area contributed by atoms with E-state index in [4.69, 9.17) is 5.39 Å². The number of aliphatic hydroxyl groups is 1. The number of ether oxygens (including phenoxy) is 1. The molecule has 0 radical (unpaired) electrons. The Morgan fingerprint density at radius 1 is 1.39 bits per heavy atom. The molecule has 9 nitrogen and oxygen atoms in total. The van der Waals surface area contributed by atoms with Crippen LogP contribution in [-0.2, 0) is 19.6 Å². The second-order valence-electron chi connectivity index (χ2n) is 4.43. The quantitative estimate of drug-likeness (QED) is 0.375. The lowest BCUT2D eigenvalue weighted by atomic mass is 10.2. The highest BCUT2D eigenvalue weighted by atomic mass is 32.2. The number of hydrogen-bond donors (Lipinski definition) is 1. The first-order chi connectivity index (χ1) is 10.8. The number of benzene rings is 1. The number of nitrogens with zero attached hydrogens (tertiary/aromatic N) is 3. The largest absolute Gasteiger partial charge is 0.507 e. The molecule has 0 atom stereocenters. The van der Waals surface area contributed by atoms with Gasteiger partial charge in [0.2, 0.25) is 11.2 Å². The fourth-order valence-electron chi connectivity index (χ4n) is 2.01. The minimum absolute atomic E-state index is 0.0427. The molecule has 1 aromatic carbocycles. The third kappa shape index (κ3) is 2.74. The molecule has 120 valence electrons. The highest BCUT2D eigenvalue weighted by Crippen LogP contribution is 2.30. The van der Waals surface area contributed by atoms with E-state index >= 15 is 0 Å². The van der Waals surface area contributed by atoms with Gasteiger partial charge in [0.15, 0.2) is 4.98 Å². The number of amides is 1. The molecule has 2 rings (SSSR count). The zero-order valence-corrected chi connectivity index (χ0v) is 12.8. The van der Waals surface area contributed by atoms with Gasteiger partial charge in [0, 0.05) is 0 Å². The number of aliphatic hydroxyl groups excluding tert-OH is 1. The zero-order chi connectivity index (χ0) is 17.2. The fourth-order valence-corrected chi connectivity index (χ4v) is 3.54. The number of carbonyl (C=O) groups is 2. The Labute approximate surface area is 131 Å². The highest BCUT2D eigenvalue weighted by molar-refractivity contribution is 7.90. The molecule has 0 fully saturated rings. The van der Waals surface area contributed by atoms with Crippen molar-refractivity contribution in [3.05, 3.63) is 46.3 Å². The number of fused-ring (bicyclic) bond motifs is 1. The van der Waals surface area contributed by atoms with Gasteiger partial charge in [-0.1, -0.05) is 12.1 Å². The van der Waals surface area contributed by atoms with Gasteiger partial charge in [0.1, 0.15) is 11.4 Å². The number of diazo groups is 1. The lowest BCUT2D eigenvalue weighted by Crippen LogP contribution is -2.32. The Morgan fingerprint density at radius 3 is 2.61 bits per heavy atom. The van der Waals surface area contributed by atoms with Crippen molar-refractivity contribution in [2.45, 2.75) is 11.8 Å². The van der Waals surface area contributed by atoms with Crippen LogP contribution in [-0.4, -0.2) is 42.9 Å². The zero-order valence-electron chi connectivity index (χ0n) is 12.0. The first-order valence-corrected chi connectivity index (χ1v) is 7.89. The lowest BCUT2D eigenvalue weighted by molar-refractivity contribution is -0.138. The van der Waals surface area contributed by atoms with E-state index in [1.807, 2.05) is 0 Å². The van der Waals surface area contributed by atoms with E-state index in [0.717, 1.165) is 0 Å². The van der Waals surface area contributed by atoms with Crippen molar-refractivity contribution in [1.29, 1.82) is 5.39 Å². The minimum Gasteiger partial charge on any atom is -0.503 e. The second kappa shape index (κ2) is 6.05. The predicted octanol–water partition coefficient (Wildman–Crippen LogP) is 1.02. The summed E-state index contributed by atoms with van der Waals surface area (Å²) in [6.07, 6.45) is 0. The van der Waals surface area contributed by atoms with Crippen molar-refractivity contribution in [2.75, 3.05) is 13.2 Å². The van der Waals surface area contributed by atoms with Crippen molar-refractivity contribution in [3.63, 3.8) is 0 Å². The summed E-state index contributed by atoms with van der Waals surface area (Å²) in [5, 5.41) is 18.7. The second-order valence-corrected chi connectivity index (χ2v) is 6.26. The molecule has 1 N–H and O–H groups in total. The van der Waals surface area contributed by atoms with E-state index in [0.29, 0.717) is 4.31 Å². The Hall–Kier alpha value is -2.93. The number of sulfonamides is 1. The van der Waals surface area contributed by atoms with Crippen molar-refractivity contribution >= 4 is 21.9 Å². The van der Waals surface area contributed by atoms with E-state index in [9.17, 15) is 23.1 Å². The number of hydrogen-bond acceptors (Lipinski definition) is 7. The van der Waals surface area contributed by atoms with Gasteiger partial charge in [-0.25, -0.2) is 17.5 Å². The summed E-state index contributed by atoms with van der Waals surface area (Å²) in [7, 11) is -4.16. The molecular weight excluding hydrogens is 326 g/mol. The lowest BCUT2D eigenvalue weighted by Gasteiger charge is -2.13. The Bertz CT molecular complexity index is 853. The van der Waals surface area contributed by atoms with Gasteiger partial charge < -0.3 is 9.84 Å². The third-order valence-corrected chi connectivity index (χ3v) is 4.83. The van der Waals surface area contributed by atoms with Crippen molar-refractivity contribution in [1.82, 2.24) is 4.31 Å². The van der Waals surface area contributed by atoms with E-state index in [1.165, 1.54) is 31.2 Å². The summed E-state index contributed by atoms with van der Waals surface area (Å²) in [5.41, 5.74) is -0.912. The molecule has 0 spiro atoms. The average Bonchev–Trinajstić information content (AvgIpc) is 2.70. The summed E-state index contributed by atoms with van der Waals surface area (Å²) in [5.74, 6) is -2.90. The monoisotopic (exact) mass is 338 g/mol. The first-order valence-electron chi connectivity index (χ1n) is 6.45. The van der Waals surface area contributed by atoms with Gasteiger partial charge >= 0.3 is 11.7 Å². The molecular formula is C13H12N3O6S+. The minimum atomic E-state index is -4.16. The molecule has 1 aliphatic rings. The summed E-state index contributed by atoms with van der Waals surface area (Å²) < 4.78 is 29.5. The van der Waals surface area contributed by atoms with Crippen LogP contribution in [0.3, 0.4) is 0 Å². The molecule has 1 heterocycles. The van der Waals surface area contributed by atoms with Crippen molar-refractivity contribution in [2.24, 2.45) is 0 Å².